The summed E-state index contributed by atoms with van der Waals surface area (Å²) in [6, 6.07) is 17.6. The van der Waals surface area contributed by atoms with Gasteiger partial charge in [0.1, 0.15) is 0 Å². The SMILES string of the molecule is C[C@@](O)(CCc1ccc(N)cc1)c1ccccc1. The third-order valence-electron chi connectivity index (χ3n) is 3.28. The van der Waals surface area contributed by atoms with Crippen molar-refractivity contribution in [1.29, 1.82) is 0 Å². The van der Waals surface area contributed by atoms with Gasteiger partial charge in [0, 0.05) is 5.69 Å². The average Bonchev–Trinajstić information content (AvgIpc) is 2.39. The fourth-order valence-electron chi connectivity index (χ4n) is 2.01. The minimum absolute atomic E-state index is 0.695. The van der Waals surface area contributed by atoms with Crippen molar-refractivity contribution in [3.63, 3.8) is 0 Å². The third kappa shape index (κ3) is 3.11. The summed E-state index contributed by atoms with van der Waals surface area (Å²) >= 11 is 0. The Kier molecular flexibility index (Phi) is 3.68. The van der Waals surface area contributed by atoms with E-state index in [2.05, 4.69) is 0 Å². The van der Waals surface area contributed by atoms with Crippen LogP contribution in [0.1, 0.15) is 24.5 Å². The fourth-order valence-corrected chi connectivity index (χ4v) is 2.01. The van der Waals surface area contributed by atoms with Gasteiger partial charge in [-0.2, -0.15) is 0 Å². The molecule has 0 bridgehead atoms. The maximum atomic E-state index is 10.5. The molecule has 1 atom stereocenters. The molecule has 94 valence electrons. The Morgan fingerprint density at radius 1 is 1.00 bits per heavy atom. The van der Waals surface area contributed by atoms with Gasteiger partial charge in [0.15, 0.2) is 0 Å². The molecule has 0 saturated heterocycles. The van der Waals surface area contributed by atoms with E-state index in [1.807, 2.05) is 61.5 Å². The Hall–Kier alpha value is -1.80. The lowest BCUT2D eigenvalue weighted by atomic mass is 9.89. The number of anilines is 1. The van der Waals surface area contributed by atoms with Gasteiger partial charge in [-0.05, 0) is 43.0 Å². The van der Waals surface area contributed by atoms with Crippen LogP contribution >= 0.6 is 0 Å². The first-order valence-electron chi connectivity index (χ1n) is 6.20. The highest BCUT2D eigenvalue weighted by Crippen LogP contribution is 2.26. The van der Waals surface area contributed by atoms with Gasteiger partial charge in [-0.15, -0.1) is 0 Å². The van der Waals surface area contributed by atoms with Crippen LogP contribution in [-0.4, -0.2) is 5.11 Å². The lowest BCUT2D eigenvalue weighted by Gasteiger charge is -2.23. The number of nitrogens with two attached hydrogens (primary N) is 1. The van der Waals surface area contributed by atoms with Crippen molar-refractivity contribution >= 4 is 5.69 Å². The van der Waals surface area contributed by atoms with E-state index in [9.17, 15) is 5.11 Å². The van der Waals surface area contributed by atoms with Crippen LogP contribution in [0.25, 0.3) is 0 Å². The topological polar surface area (TPSA) is 46.2 Å². The van der Waals surface area contributed by atoms with Crippen molar-refractivity contribution in [2.45, 2.75) is 25.4 Å². The highest BCUT2D eigenvalue weighted by molar-refractivity contribution is 5.39. The molecule has 0 aliphatic heterocycles. The number of benzene rings is 2. The molecule has 0 saturated carbocycles. The normalized spacial score (nSPS) is 14.1. The first-order chi connectivity index (χ1) is 8.58. The summed E-state index contributed by atoms with van der Waals surface area (Å²) in [5, 5.41) is 10.5. The van der Waals surface area contributed by atoms with Crippen molar-refractivity contribution in [2.24, 2.45) is 0 Å². The predicted molar refractivity (Wildman–Crippen MR) is 75.2 cm³/mol. The van der Waals surface area contributed by atoms with E-state index in [0.717, 1.165) is 17.7 Å². The van der Waals surface area contributed by atoms with Gasteiger partial charge in [-0.25, -0.2) is 0 Å². The molecule has 0 unspecified atom stereocenters. The molecule has 0 fully saturated rings. The van der Waals surface area contributed by atoms with Gasteiger partial charge in [0.25, 0.3) is 0 Å². The Morgan fingerprint density at radius 2 is 1.61 bits per heavy atom. The lowest BCUT2D eigenvalue weighted by molar-refractivity contribution is 0.0480. The van der Waals surface area contributed by atoms with E-state index < -0.39 is 5.60 Å². The smallest absolute Gasteiger partial charge is 0.0871 e. The van der Waals surface area contributed by atoms with E-state index in [-0.39, 0.29) is 0 Å². The van der Waals surface area contributed by atoms with E-state index in [0.29, 0.717) is 6.42 Å². The molecule has 2 aromatic rings. The molecular weight excluding hydrogens is 222 g/mol. The summed E-state index contributed by atoms with van der Waals surface area (Å²) < 4.78 is 0. The second-order valence-electron chi connectivity index (χ2n) is 4.88. The molecule has 2 nitrogen and oxygen atoms in total. The van der Waals surface area contributed by atoms with Gasteiger partial charge in [0.05, 0.1) is 5.60 Å². The number of nitrogen functional groups attached to an aromatic ring is 1. The Balaban J connectivity index is 2.03. The van der Waals surface area contributed by atoms with Crippen LogP contribution in [0.2, 0.25) is 0 Å². The zero-order chi connectivity index (χ0) is 13.0. The highest BCUT2D eigenvalue weighted by Gasteiger charge is 2.22. The van der Waals surface area contributed by atoms with Crippen LogP contribution in [0.3, 0.4) is 0 Å². The van der Waals surface area contributed by atoms with Gasteiger partial charge in [0.2, 0.25) is 0 Å². The van der Waals surface area contributed by atoms with Crippen LogP contribution in [0.4, 0.5) is 5.69 Å². The minimum Gasteiger partial charge on any atom is -0.399 e. The molecular formula is C16H19NO. The van der Waals surface area contributed by atoms with Crippen LogP contribution in [0.15, 0.2) is 54.6 Å². The standard InChI is InChI=1S/C16H19NO/c1-16(18,14-5-3-2-4-6-14)12-11-13-7-9-15(17)10-8-13/h2-10,18H,11-12,17H2,1H3/t16-/m1/s1. The predicted octanol–water partition coefficient (Wildman–Crippen LogP) is 3.11. The largest absolute Gasteiger partial charge is 0.399 e. The number of aryl methyl sites for hydroxylation is 1. The van der Waals surface area contributed by atoms with Crippen molar-refractivity contribution in [3.05, 3.63) is 65.7 Å². The number of hydrogen-bond acceptors (Lipinski definition) is 2. The number of rotatable bonds is 4. The zero-order valence-corrected chi connectivity index (χ0v) is 10.6. The molecule has 0 aromatic heterocycles. The molecule has 18 heavy (non-hydrogen) atoms. The molecule has 0 aliphatic rings. The molecule has 3 N–H and O–H groups in total. The van der Waals surface area contributed by atoms with Crippen molar-refractivity contribution in [3.8, 4) is 0 Å². The Morgan fingerprint density at radius 3 is 2.22 bits per heavy atom. The monoisotopic (exact) mass is 241 g/mol. The maximum Gasteiger partial charge on any atom is 0.0871 e. The van der Waals surface area contributed by atoms with Crippen molar-refractivity contribution in [2.75, 3.05) is 5.73 Å². The van der Waals surface area contributed by atoms with E-state index in [1.165, 1.54) is 5.56 Å². The van der Waals surface area contributed by atoms with E-state index in [4.69, 9.17) is 5.73 Å². The highest BCUT2D eigenvalue weighted by atomic mass is 16.3. The molecule has 2 rings (SSSR count). The maximum absolute atomic E-state index is 10.5. The van der Waals surface area contributed by atoms with E-state index in [1.54, 1.807) is 0 Å². The van der Waals surface area contributed by atoms with Crippen molar-refractivity contribution in [1.82, 2.24) is 0 Å². The summed E-state index contributed by atoms with van der Waals surface area (Å²) in [5.41, 5.74) is 7.79. The van der Waals surface area contributed by atoms with Crippen molar-refractivity contribution < 1.29 is 5.11 Å². The molecule has 0 aliphatic carbocycles. The molecule has 2 aromatic carbocycles. The summed E-state index contributed by atoms with van der Waals surface area (Å²) in [6.45, 7) is 1.86. The fraction of sp³-hybridized carbons (Fsp3) is 0.250. The molecule has 0 radical (unpaired) electrons. The Labute approximate surface area is 108 Å². The summed E-state index contributed by atoms with van der Waals surface area (Å²) in [4.78, 5) is 0. The van der Waals surface area contributed by atoms with Crippen LogP contribution in [-0.2, 0) is 12.0 Å². The second-order valence-corrected chi connectivity index (χ2v) is 4.88. The second kappa shape index (κ2) is 5.23. The summed E-state index contributed by atoms with van der Waals surface area (Å²) in [7, 11) is 0. The summed E-state index contributed by atoms with van der Waals surface area (Å²) in [5.74, 6) is 0. The number of hydrogen-bond donors (Lipinski definition) is 2. The molecule has 0 amide bonds. The van der Waals surface area contributed by atoms with Crippen LogP contribution in [0.5, 0.6) is 0 Å². The van der Waals surface area contributed by atoms with Gasteiger partial charge >= 0.3 is 0 Å². The quantitative estimate of drug-likeness (QED) is 0.808. The van der Waals surface area contributed by atoms with Gasteiger partial charge < -0.3 is 10.8 Å². The molecule has 0 heterocycles. The van der Waals surface area contributed by atoms with Crippen LogP contribution in [0, 0.1) is 0 Å². The lowest BCUT2D eigenvalue weighted by Crippen LogP contribution is -2.21. The molecule has 2 heteroatoms. The Bertz CT molecular complexity index is 488. The first kappa shape index (κ1) is 12.7. The minimum atomic E-state index is -0.789. The summed E-state index contributed by atoms with van der Waals surface area (Å²) in [6.07, 6.45) is 1.53. The zero-order valence-electron chi connectivity index (χ0n) is 10.6. The van der Waals surface area contributed by atoms with Crippen LogP contribution < -0.4 is 5.73 Å². The average molecular weight is 241 g/mol. The molecule has 0 spiro atoms. The van der Waals surface area contributed by atoms with E-state index >= 15 is 0 Å². The van der Waals surface area contributed by atoms with Gasteiger partial charge in [-0.3, -0.25) is 0 Å². The first-order valence-corrected chi connectivity index (χ1v) is 6.20. The number of aliphatic hydroxyl groups is 1. The third-order valence-corrected chi connectivity index (χ3v) is 3.28. The van der Waals surface area contributed by atoms with Gasteiger partial charge in [-0.1, -0.05) is 42.5 Å².